The quantitative estimate of drug-likeness (QED) is 0.600. The lowest BCUT2D eigenvalue weighted by atomic mass is 9.62. The van der Waals surface area contributed by atoms with Gasteiger partial charge in [0.05, 0.1) is 17.9 Å². The summed E-state index contributed by atoms with van der Waals surface area (Å²) in [7, 11) is 0. The second-order valence-corrected chi connectivity index (χ2v) is 10.7. The van der Waals surface area contributed by atoms with E-state index in [4.69, 9.17) is 9.47 Å². The summed E-state index contributed by atoms with van der Waals surface area (Å²) in [6.45, 7) is 12.6. The molecular weight excluding hydrogens is 392 g/mol. The third-order valence-electron chi connectivity index (χ3n) is 7.90. The van der Waals surface area contributed by atoms with Gasteiger partial charge in [-0.2, -0.15) is 0 Å². The molecule has 7 atom stereocenters. The van der Waals surface area contributed by atoms with Crippen LogP contribution in [0.25, 0.3) is 0 Å². The average molecular weight is 433 g/mol. The monoisotopic (exact) mass is 432 g/mol. The van der Waals surface area contributed by atoms with Gasteiger partial charge in [-0.05, 0) is 63.4 Å². The first-order chi connectivity index (χ1) is 14.5. The molecule has 1 saturated heterocycles. The van der Waals surface area contributed by atoms with Crippen LogP contribution in [0, 0.1) is 29.1 Å². The minimum atomic E-state index is -0.602. The molecule has 174 valence electrons. The van der Waals surface area contributed by atoms with Gasteiger partial charge in [0.1, 0.15) is 12.2 Å². The van der Waals surface area contributed by atoms with Gasteiger partial charge in [-0.3, -0.25) is 9.59 Å². The van der Waals surface area contributed by atoms with Gasteiger partial charge in [0.15, 0.2) is 0 Å². The van der Waals surface area contributed by atoms with Crippen molar-refractivity contribution in [2.45, 2.75) is 98.4 Å². The Kier molecular flexibility index (Phi) is 7.35. The number of fused-ring (bicyclic) bond motifs is 1. The summed E-state index contributed by atoms with van der Waals surface area (Å²) in [6, 6.07) is 0. The highest BCUT2D eigenvalue weighted by Crippen LogP contribution is 2.48. The predicted molar refractivity (Wildman–Crippen MR) is 120 cm³/mol. The molecule has 0 aromatic carbocycles. The third kappa shape index (κ3) is 5.42. The normalized spacial score (nSPS) is 36.1. The third-order valence-corrected chi connectivity index (χ3v) is 7.90. The lowest BCUT2D eigenvalue weighted by molar-refractivity contribution is -0.165. The van der Waals surface area contributed by atoms with Crippen molar-refractivity contribution in [1.29, 1.82) is 0 Å². The number of ether oxygens (including phenoxy) is 2. The molecule has 2 unspecified atom stereocenters. The van der Waals surface area contributed by atoms with Crippen LogP contribution in [0.1, 0.15) is 80.1 Å². The zero-order valence-electron chi connectivity index (χ0n) is 20.0. The zero-order valence-corrected chi connectivity index (χ0v) is 20.0. The molecule has 1 heterocycles. The van der Waals surface area contributed by atoms with E-state index in [1.807, 2.05) is 20.8 Å². The summed E-state index contributed by atoms with van der Waals surface area (Å²) in [6.07, 6.45) is 7.38. The number of hydrogen-bond acceptors (Lipinski definition) is 5. The summed E-state index contributed by atoms with van der Waals surface area (Å²) in [5.74, 6) is 0.935. The van der Waals surface area contributed by atoms with Crippen molar-refractivity contribution in [2.75, 3.05) is 0 Å². The molecule has 5 nitrogen and oxygen atoms in total. The fourth-order valence-electron chi connectivity index (χ4n) is 5.37. The Morgan fingerprint density at radius 3 is 2.61 bits per heavy atom. The van der Waals surface area contributed by atoms with Crippen molar-refractivity contribution in [3.63, 3.8) is 0 Å². The lowest BCUT2D eigenvalue weighted by Gasteiger charge is -2.46. The topological polar surface area (TPSA) is 72.8 Å². The fraction of sp³-hybridized carbons (Fsp3) is 0.769. The largest absolute Gasteiger partial charge is 0.462 e. The molecule has 5 heteroatoms. The zero-order chi connectivity index (χ0) is 22.9. The molecule has 3 rings (SSSR count). The minimum Gasteiger partial charge on any atom is -0.462 e. The number of aliphatic hydroxyl groups excluding tert-OH is 1. The van der Waals surface area contributed by atoms with Crippen LogP contribution in [-0.4, -0.2) is 35.4 Å². The van der Waals surface area contributed by atoms with Crippen LogP contribution in [0.15, 0.2) is 23.3 Å². The van der Waals surface area contributed by atoms with E-state index in [-0.39, 0.29) is 36.5 Å². The van der Waals surface area contributed by atoms with Crippen LogP contribution in [0.3, 0.4) is 0 Å². The van der Waals surface area contributed by atoms with Crippen LogP contribution in [0.2, 0.25) is 0 Å². The fourth-order valence-corrected chi connectivity index (χ4v) is 5.37. The Hall–Kier alpha value is -1.62. The first kappa shape index (κ1) is 24.0. The van der Waals surface area contributed by atoms with Gasteiger partial charge in [-0.25, -0.2) is 0 Å². The Morgan fingerprint density at radius 1 is 1.26 bits per heavy atom. The highest BCUT2D eigenvalue weighted by Gasteiger charge is 2.44. The Bertz CT molecular complexity index is 749. The van der Waals surface area contributed by atoms with Gasteiger partial charge in [0.25, 0.3) is 0 Å². The van der Waals surface area contributed by atoms with E-state index in [2.05, 4.69) is 32.9 Å². The first-order valence-electron chi connectivity index (χ1n) is 12.0. The first-order valence-corrected chi connectivity index (χ1v) is 12.0. The van der Waals surface area contributed by atoms with E-state index in [9.17, 15) is 14.7 Å². The number of rotatable bonds is 6. The molecule has 0 amide bonds. The molecule has 0 aromatic rings. The molecule has 1 fully saturated rings. The standard InChI is InChI=1S/C26H40O5/c1-7-26(5,6)25(29)31-22-11-15(2)10-18-12-16(3)17(4)21(24(18)22)9-8-20-13-19(27)14-23(28)30-20/h10,12,16-17,19-22,24,27H,7-9,11,13-14H2,1-6H3/t16?,17-,19+,20+,21-,22-,24?/m0/s1. The number of allylic oxidation sites excluding steroid dienone is 2. The molecule has 1 N–H and O–H groups in total. The van der Waals surface area contributed by atoms with Gasteiger partial charge in [0.2, 0.25) is 0 Å². The van der Waals surface area contributed by atoms with Crippen LogP contribution < -0.4 is 0 Å². The van der Waals surface area contributed by atoms with E-state index < -0.39 is 11.5 Å². The summed E-state index contributed by atoms with van der Waals surface area (Å²) in [4.78, 5) is 24.7. The number of cyclic esters (lactones) is 1. The van der Waals surface area contributed by atoms with E-state index in [0.717, 1.165) is 25.7 Å². The van der Waals surface area contributed by atoms with Gasteiger partial charge in [-0.1, -0.05) is 38.5 Å². The molecule has 1 aliphatic heterocycles. The van der Waals surface area contributed by atoms with Gasteiger partial charge in [0, 0.05) is 18.8 Å². The average Bonchev–Trinajstić information content (AvgIpc) is 2.67. The second-order valence-electron chi connectivity index (χ2n) is 10.7. The van der Waals surface area contributed by atoms with Crippen LogP contribution in [0.4, 0.5) is 0 Å². The Balaban J connectivity index is 1.81. The summed E-state index contributed by atoms with van der Waals surface area (Å²) in [5.41, 5.74) is 2.04. The van der Waals surface area contributed by atoms with Crippen molar-refractivity contribution in [1.82, 2.24) is 0 Å². The summed E-state index contributed by atoms with van der Waals surface area (Å²) >= 11 is 0. The smallest absolute Gasteiger partial charge is 0.311 e. The van der Waals surface area contributed by atoms with Gasteiger partial charge in [-0.15, -0.1) is 0 Å². The van der Waals surface area contributed by atoms with E-state index in [1.54, 1.807) is 0 Å². The summed E-state index contributed by atoms with van der Waals surface area (Å²) < 4.78 is 11.7. The van der Waals surface area contributed by atoms with Crippen molar-refractivity contribution < 1.29 is 24.2 Å². The van der Waals surface area contributed by atoms with Crippen molar-refractivity contribution in [2.24, 2.45) is 29.1 Å². The number of carbonyl (C=O) groups excluding carboxylic acids is 2. The molecule has 0 aromatic heterocycles. The molecular formula is C26H40O5. The van der Waals surface area contributed by atoms with Gasteiger partial charge < -0.3 is 14.6 Å². The summed E-state index contributed by atoms with van der Waals surface area (Å²) in [5, 5.41) is 9.96. The van der Waals surface area contributed by atoms with Crippen LogP contribution in [-0.2, 0) is 19.1 Å². The maximum Gasteiger partial charge on any atom is 0.311 e. The Labute approximate surface area is 187 Å². The van der Waals surface area contributed by atoms with Crippen molar-refractivity contribution >= 4 is 11.9 Å². The molecule has 31 heavy (non-hydrogen) atoms. The maximum atomic E-state index is 12.9. The van der Waals surface area contributed by atoms with Crippen LogP contribution in [0.5, 0.6) is 0 Å². The van der Waals surface area contributed by atoms with Crippen LogP contribution >= 0.6 is 0 Å². The van der Waals surface area contributed by atoms with E-state index >= 15 is 0 Å². The second kappa shape index (κ2) is 9.48. The minimum absolute atomic E-state index is 0.0954. The lowest BCUT2D eigenvalue weighted by Crippen LogP contribution is -2.44. The number of carbonyl (C=O) groups is 2. The predicted octanol–water partition coefficient (Wildman–Crippen LogP) is 4.98. The Morgan fingerprint density at radius 2 is 1.97 bits per heavy atom. The molecule has 0 bridgehead atoms. The number of hydrogen-bond donors (Lipinski definition) is 1. The van der Waals surface area contributed by atoms with Crippen molar-refractivity contribution in [3.05, 3.63) is 23.3 Å². The van der Waals surface area contributed by atoms with E-state index in [0.29, 0.717) is 24.2 Å². The highest BCUT2D eigenvalue weighted by molar-refractivity contribution is 5.76. The molecule has 0 radical (unpaired) electrons. The molecule has 2 aliphatic carbocycles. The number of esters is 2. The highest BCUT2D eigenvalue weighted by atomic mass is 16.6. The van der Waals surface area contributed by atoms with E-state index in [1.165, 1.54) is 11.1 Å². The van der Waals surface area contributed by atoms with Gasteiger partial charge >= 0.3 is 11.9 Å². The molecule has 3 aliphatic rings. The maximum absolute atomic E-state index is 12.9. The molecule has 0 spiro atoms. The molecule has 0 saturated carbocycles. The number of aliphatic hydroxyl groups is 1. The van der Waals surface area contributed by atoms with Crippen molar-refractivity contribution in [3.8, 4) is 0 Å². The SMILES string of the molecule is CCC(C)(C)C(=O)O[C@H]1CC(C)=CC2=CC(C)[C@H](C)[C@H](CC[C@@H]3C[C@@H](O)CC(=O)O3)C21.